The molecule has 0 aliphatic rings. The second-order valence-electron chi connectivity index (χ2n) is 2.71. The molecule has 0 radical (unpaired) electrons. The number of nitrogens with zero attached hydrogens (tertiary/aromatic N) is 4. The summed E-state index contributed by atoms with van der Waals surface area (Å²) in [6, 6.07) is 0. The fourth-order valence-corrected chi connectivity index (χ4v) is 1.28. The van der Waals surface area contributed by atoms with Crippen LogP contribution in [0.3, 0.4) is 0 Å². The summed E-state index contributed by atoms with van der Waals surface area (Å²) in [5, 5.41) is 2.91. The van der Waals surface area contributed by atoms with Crippen LogP contribution in [0.25, 0.3) is 11.2 Å². The number of aldehydes is 1. The largest absolute Gasteiger partial charge is 0.371 e. The molecule has 1 N–H and O–H groups in total. The molecule has 2 rings (SSSR count). The molecule has 0 amide bonds. The van der Waals surface area contributed by atoms with Crippen molar-refractivity contribution in [1.82, 2.24) is 19.5 Å². The van der Waals surface area contributed by atoms with Gasteiger partial charge in [-0.25, -0.2) is 15.0 Å². The number of nitrogens with one attached hydrogen (secondary N) is 1. The van der Waals surface area contributed by atoms with Crippen LogP contribution in [0, 0.1) is 0 Å². The maximum Gasteiger partial charge on any atom is 0.165 e. The standard InChI is InChI=1S/C8H9N5O/c1-9-7-6-8(11-4-10-7)13(2-3-14)5-12-6/h3-5H,2H2,1H3,(H,9,10,11). The molecular formula is C8H9N5O. The lowest BCUT2D eigenvalue weighted by Crippen LogP contribution is -1.99. The minimum atomic E-state index is 0.261. The van der Waals surface area contributed by atoms with E-state index in [4.69, 9.17) is 0 Å². The van der Waals surface area contributed by atoms with Crippen LogP contribution >= 0.6 is 0 Å². The van der Waals surface area contributed by atoms with Crippen LogP contribution in [-0.2, 0) is 11.3 Å². The Bertz CT molecular complexity index is 464. The van der Waals surface area contributed by atoms with Crippen molar-refractivity contribution in [2.45, 2.75) is 6.54 Å². The molecule has 0 aromatic carbocycles. The molecular weight excluding hydrogens is 182 g/mol. The van der Waals surface area contributed by atoms with Crippen molar-refractivity contribution in [2.75, 3.05) is 12.4 Å². The van der Waals surface area contributed by atoms with E-state index in [1.165, 1.54) is 6.33 Å². The predicted octanol–water partition coefficient (Wildman–Crippen LogP) is 0.0669. The van der Waals surface area contributed by atoms with Crippen molar-refractivity contribution >= 4 is 23.3 Å². The molecule has 0 fully saturated rings. The molecule has 0 unspecified atom stereocenters. The average molecular weight is 191 g/mol. The zero-order valence-corrected chi connectivity index (χ0v) is 7.64. The minimum Gasteiger partial charge on any atom is -0.371 e. The first kappa shape index (κ1) is 8.61. The van der Waals surface area contributed by atoms with E-state index in [1.54, 1.807) is 17.9 Å². The normalized spacial score (nSPS) is 10.4. The van der Waals surface area contributed by atoms with Gasteiger partial charge in [0.15, 0.2) is 11.5 Å². The number of anilines is 1. The molecule has 0 atom stereocenters. The highest BCUT2D eigenvalue weighted by Gasteiger charge is 2.07. The van der Waals surface area contributed by atoms with Gasteiger partial charge in [-0.05, 0) is 0 Å². The smallest absolute Gasteiger partial charge is 0.165 e. The molecule has 0 bridgehead atoms. The van der Waals surface area contributed by atoms with Crippen molar-refractivity contribution in [3.63, 3.8) is 0 Å². The Balaban J connectivity index is 2.63. The summed E-state index contributed by atoms with van der Waals surface area (Å²) >= 11 is 0. The van der Waals surface area contributed by atoms with E-state index in [0.29, 0.717) is 17.0 Å². The Labute approximate surface area is 80.0 Å². The zero-order chi connectivity index (χ0) is 9.97. The van der Waals surface area contributed by atoms with Gasteiger partial charge >= 0.3 is 0 Å². The van der Waals surface area contributed by atoms with E-state index in [2.05, 4.69) is 20.3 Å². The van der Waals surface area contributed by atoms with Gasteiger partial charge in [0.25, 0.3) is 0 Å². The number of imidazole rings is 1. The molecule has 14 heavy (non-hydrogen) atoms. The monoisotopic (exact) mass is 191 g/mol. The third-order valence-electron chi connectivity index (χ3n) is 1.91. The molecule has 0 aliphatic carbocycles. The number of aromatic nitrogens is 4. The predicted molar refractivity (Wildman–Crippen MR) is 50.9 cm³/mol. The van der Waals surface area contributed by atoms with Crippen LogP contribution in [0.2, 0.25) is 0 Å². The van der Waals surface area contributed by atoms with E-state index in [1.807, 2.05) is 0 Å². The Morgan fingerprint density at radius 3 is 3.07 bits per heavy atom. The molecule has 6 nitrogen and oxygen atoms in total. The van der Waals surface area contributed by atoms with E-state index in [0.717, 1.165) is 6.29 Å². The van der Waals surface area contributed by atoms with Crippen LogP contribution in [0.4, 0.5) is 5.82 Å². The number of carbonyl (C=O) groups is 1. The zero-order valence-electron chi connectivity index (χ0n) is 7.64. The average Bonchev–Trinajstić information content (AvgIpc) is 2.62. The molecule has 0 saturated heterocycles. The summed E-state index contributed by atoms with van der Waals surface area (Å²) in [5.41, 5.74) is 1.34. The fourth-order valence-electron chi connectivity index (χ4n) is 1.28. The number of hydrogen-bond acceptors (Lipinski definition) is 5. The molecule has 0 aliphatic heterocycles. The summed E-state index contributed by atoms with van der Waals surface area (Å²) in [5.74, 6) is 0.666. The van der Waals surface area contributed by atoms with E-state index >= 15 is 0 Å². The lowest BCUT2D eigenvalue weighted by atomic mass is 10.5. The molecule has 2 heterocycles. The summed E-state index contributed by atoms with van der Waals surface area (Å²) in [7, 11) is 1.76. The van der Waals surface area contributed by atoms with Gasteiger partial charge in [-0.3, -0.25) is 0 Å². The molecule has 6 heteroatoms. The van der Waals surface area contributed by atoms with Crippen LogP contribution in [0.5, 0.6) is 0 Å². The lowest BCUT2D eigenvalue weighted by Gasteiger charge is -1.99. The highest BCUT2D eigenvalue weighted by Crippen LogP contribution is 2.15. The van der Waals surface area contributed by atoms with E-state index < -0.39 is 0 Å². The topological polar surface area (TPSA) is 72.7 Å². The maximum absolute atomic E-state index is 10.4. The highest BCUT2D eigenvalue weighted by atomic mass is 16.1. The fraction of sp³-hybridized carbons (Fsp3) is 0.250. The van der Waals surface area contributed by atoms with Crippen LogP contribution in [0.1, 0.15) is 0 Å². The summed E-state index contributed by atoms with van der Waals surface area (Å²) in [6.07, 6.45) is 3.83. The first-order valence-corrected chi connectivity index (χ1v) is 4.14. The Kier molecular flexibility index (Phi) is 2.10. The quantitative estimate of drug-likeness (QED) is 0.695. The lowest BCUT2D eigenvalue weighted by molar-refractivity contribution is -0.108. The number of carbonyl (C=O) groups excluding carboxylic acids is 1. The summed E-state index contributed by atoms with van der Waals surface area (Å²) in [4.78, 5) is 22.6. The molecule has 0 spiro atoms. The highest BCUT2D eigenvalue weighted by molar-refractivity contribution is 5.82. The first-order chi connectivity index (χ1) is 6.86. The second-order valence-corrected chi connectivity index (χ2v) is 2.71. The van der Waals surface area contributed by atoms with E-state index in [-0.39, 0.29) is 6.54 Å². The van der Waals surface area contributed by atoms with Gasteiger partial charge in [-0.2, -0.15) is 0 Å². The first-order valence-electron chi connectivity index (χ1n) is 4.14. The van der Waals surface area contributed by atoms with E-state index in [9.17, 15) is 4.79 Å². The van der Waals surface area contributed by atoms with Crippen molar-refractivity contribution in [1.29, 1.82) is 0 Å². The Hall–Kier alpha value is -1.98. The maximum atomic E-state index is 10.4. The molecule has 0 saturated carbocycles. The van der Waals surface area contributed by atoms with Gasteiger partial charge in [0, 0.05) is 7.05 Å². The van der Waals surface area contributed by atoms with Gasteiger partial charge in [-0.1, -0.05) is 0 Å². The second kappa shape index (κ2) is 3.41. The van der Waals surface area contributed by atoms with Gasteiger partial charge in [0.2, 0.25) is 0 Å². The molecule has 2 aromatic heterocycles. The number of rotatable bonds is 3. The minimum absolute atomic E-state index is 0.261. The SMILES string of the molecule is CNc1ncnc2c1ncn2CC=O. The van der Waals surface area contributed by atoms with Crippen molar-refractivity contribution in [3.8, 4) is 0 Å². The van der Waals surface area contributed by atoms with Gasteiger partial charge in [0.1, 0.15) is 18.1 Å². The third kappa shape index (κ3) is 1.20. The number of hydrogen-bond donors (Lipinski definition) is 1. The molecule has 72 valence electrons. The Morgan fingerprint density at radius 1 is 1.50 bits per heavy atom. The van der Waals surface area contributed by atoms with Gasteiger partial charge in [0.05, 0.1) is 12.9 Å². The van der Waals surface area contributed by atoms with Crippen LogP contribution in [0.15, 0.2) is 12.7 Å². The Morgan fingerprint density at radius 2 is 2.36 bits per heavy atom. The van der Waals surface area contributed by atoms with Crippen molar-refractivity contribution in [2.24, 2.45) is 0 Å². The van der Waals surface area contributed by atoms with Gasteiger partial charge < -0.3 is 14.7 Å². The van der Waals surface area contributed by atoms with Crippen molar-refractivity contribution in [3.05, 3.63) is 12.7 Å². The molecule has 2 aromatic rings. The van der Waals surface area contributed by atoms with Crippen molar-refractivity contribution < 1.29 is 4.79 Å². The van der Waals surface area contributed by atoms with Crippen LogP contribution < -0.4 is 5.32 Å². The summed E-state index contributed by atoms with van der Waals surface area (Å²) < 4.78 is 1.67. The summed E-state index contributed by atoms with van der Waals surface area (Å²) in [6.45, 7) is 0.261. The van der Waals surface area contributed by atoms with Gasteiger partial charge in [-0.15, -0.1) is 0 Å². The van der Waals surface area contributed by atoms with Crippen LogP contribution in [-0.4, -0.2) is 32.9 Å². The number of fused-ring (bicyclic) bond motifs is 1. The third-order valence-corrected chi connectivity index (χ3v) is 1.91.